The molecule has 0 fully saturated rings. The molecule has 0 spiro atoms. The van der Waals surface area contributed by atoms with Gasteiger partial charge in [-0.05, 0) is 24.1 Å². The first-order chi connectivity index (χ1) is 17.7. The smallest absolute Gasteiger partial charge is 0.326 e. The molecule has 4 unspecified atom stereocenters. The van der Waals surface area contributed by atoms with E-state index in [-0.39, 0.29) is 12.8 Å². The summed E-state index contributed by atoms with van der Waals surface area (Å²) < 4.78 is 0. The van der Waals surface area contributed by atoms with Crippen molar-refractivity contribution in [1.82, 2.24) is 20.9 Å². The lowest BCUT2D eigenvalue weighted by Gasteiger charge is -2.24. The van der Waals surface area contributed by atoms with Crippen LogP contribution in [-0.2, 0) is 32.0 Å². The zero-order chi connectivity index (χ0) is 26.9. The molecule has 2 aromatic carbocycles. The largest absolute Gasteiger partial charge is 0.480 e. The Kier molecular flexibility index (Phi) is 9.36. The fourth-order valence-corrected chi connectivity index (χ4v) is 3.82. The molecule has 0 aliphatic heterocycles. The fourth-order valence-electron chi connectivity index (χ4n) is 3.82. The predicted molar refractivity (Wildman–Crippen MR) is 136 cm³/mol. The number of nitrogens with two attached hydrogens (primary N) is 1. The van der Waals surface area contributed by atoms with Crippen LogP contribution < -0.4 is 21.7 Å². The molecule has 11 heteroatoms. The van der Waals surface area contributed by atoms with E-state index < -0.39 is 54.5 Å². The SMILES string of the molecule is CC(N)C(=O)NC(CO)C(=O)NC(Cc1ccccc1)C(=O)NC(Cc1c[nH]c2ccccc12)C(=O)O. The van der Waals surface area contributed by atoms with Crippen LogP contribution in [0, 0.1) is 0 Å². The first-order valence-corrected chi connectivity index (χ1v) is 11.8. The van der Waals surface area contributed by atoms with Gasteiger partial charge in [-0.2, -0.15) is 0 Å². The summed E-state index contributed by atoms with van der Waals surface area (Å²) in [5.41, 5.74) is 7.78. The number of H-pyrrole nitrogens is 1. The highest BCUT2D eigenvalue weighted by Gasteiger charge is 2.30. The van der Waals surface area contributed by atoms with Crippen LogP contribution in [0.1, 0.15) is 18.1 Å². The number of para-hydroxylation sites is 1. The monoisotopic (exact) mass is 509 g/mol. The number of carbonyl (C=O) groups excluding carboxylic acids is 3. The molecular weight excluding hydrogens is 478 g/mol. The van der Waals surface area contributed by atoms with E-state index in [4.69, 9.17) is 5.73 Å². The summed E-state index contributed by atoms with van der Waals surface area (Å²) in [5, 5.41) is 27.7. The normalized spacial score (nSPS) is 14.2. The summed E-state index contributed by atoms with van der Waals surface area (Å²) in [5.74, 6) is -3.42. The quantitative estimate of drug-likeness (QED) is 0.177. The fraction of sp³-hybridized carbons (Fsp3) is 0.308. The second-order valence-electron chi connectivity index (χ2n) is 8.75. The number of aliphatic hydroxyl groups excluding tert-OH is 1. The molecule has 0 saturated carbocycles. The maximum atomic E-state index is 13.3. The van der Waals surface area contributed by atoms with Crippen LogP contribution in [0.25, 0.3) is 10.9 Å². The molecule has 8 N–H and O–H groups in total. The number of carboxylic acids is 1. The maximum Gasteiger partial charge on any atom is 0.326 e. The molecule has 0 saturated heterocycles. The van der Waals surface area contributed by atoms with Gasteiger partial charge in [-0.15, -0.1) is 0 Å². The van der Waals surface area contributed by atoms with Crippen LogP contribution in [-0.4, -0.2) is 69.7 Å². The highest BCUT2D eigenvalue weighted by Crippen LogP contribution is 2.19. The maximum absolute atomic E-state index is 13.3. The molecule has 0 radical (unpaired) electrons. The number of carboxylic acid groups (broad SMARTS) is 1. The van der Waals surface area contributed by atoms with E-state index >= 15 is 0 Å². The predicted octanol–water partition coefficient (Wildman–Crippen LogP) is -0.168. The highest BCUT2D eigenvalue weighted by atomic mass is 16.4. The molecule has 196 valence electrons. The summed E-state index contributed by atoms with van der Waals surface area (Å²) in [7, 11) is 0. The third-order valence-corrected chi connectivity index (χ3v) is 5.86. The van der Waals surface area contributed by atoms with E-state index in [0.717, 1.165) is 10.9 Å². The van der Waals surface area contributed by atoms with Crippen molar-refractivity contribution in [3.63, 3.8) is 0 Å². The summed E-state index contributed by atoms with van der Waals surface area (Å²) in [6.07, 6.45) is 1.76. The van der Waals surface area contributed by atoms with Crippen molar-refractivity contribution in [3.8, 4) is 0 Å². The zero-order valence-electron chi connectivity index (χ0n) is 20.3. The van der Waals surface area contributed by atoms with Crippen LogP contribution in [0.4, 0.5) is 0 Å². The van der Waals surface area contributed by atoms with E-state index in [0.29, 0.717) is 11.1 Å². The number of amides is 3. The molecule has 4 atom stereocenters. The number of aliphatic carboxylic acids is 1. The van der Waals surface area contributed by atoms with Crippen molar-refractivity contribution >= 4 is 34.6 Å². The summed E-state index contributed by atoms with van der Waals surface area (Å²) >= 11 is 0. The summed E-state index contributed by atoms with van der Waals surface area (Å²) in [6, 6.07) is 11.5. The Hall–Kier alpha value is -4.22. The van der Waals surface area contributed by atoms with Gasteiger partial charge in [-0.25, -0.2) is 4.79 Å². The van der Waals surface area contributed by atoms with E-state index in [9.17, 15) is 29.4 Å². The number of carbonyl (C=O) groups is 4. The number of aromatic amines is 1. The Morgan fingerprint density at radius 1 is 0.838 bits per heavy atom. The van der Waals surface area contributed by atoms with E-state index in [1.807, 2.05) is 24.3 Å². The Morgan fingerprint density at radius 2 is 1.43 bits per heavy atom. The average Bonchev–Trinajstić information content (AvgIpc) is 3.29. The molecule has 0 aliphatic carbocycles. The Bertz CT molecular complexity index is 1240. The standard InChI is InChI=1S/C26H31N5O6/c1-15(27)23(33)31-22(14-32)25(35)29-20(11-16-7-3-2-4-8-16)24(34)30-21(26(36)37)12-17-13-28-19-10-6-5-9-18(17)19/h2-10,13,15,20-22,28,32H,11-12,14,27H2,1H3,(H,29,35)(H,30,34)(H,31,33)(H,36,37). The summed E-state index contributed by atoms with van der Waals surface area (Å²) in [4.78, 5) is 53.1. The van der Waals surface area contributed by atoms with Crippen LogP contribution in [0.5, 0.6) is 0 Å². The van der Waals surface area contributed by atoms with Crippen molar-refractivity contribution in [1.29, 1.82) is 0 Å². The molecule has 0 aliphatic rings. The average molecular weight is 510 g/mol. The Balaban J connectivity index is 1.79. The second kappa shape index (κ2) is 12.7. The molecule has 1 heterocycles. The van der Waals surface area contributed by atoms with Crippen molar-refractivity contribution < 1.29 is 29.4 Å². The molecule has 11 nitrogen and oxygen atoms in total. The van der Waals surface area contributed by atoms with Gasteiger partial charge in [0.25, 0.3) is 0 Å². The lowest BCUT2D eigenvalue weighted by Crippen LogP contribution is -2.58. The van der Waals surface area contributed by atoms with Gasteiger partial charge < -0.3 is 36.9 Å². The lowest BCUT2D eigenvalue weighted by molar-refractivity contribution is -0.142. The number of nitrogens with one attached hydrogen (secondary N) is 4. The van der Waals surface area contributed by atoms with Crippen molar-refractivity contribution in [2.24, 2.45) is 5.73 Å². The number of hydrogen-bond donors (Lipinski definition) is 7. The number of aliphatic hydroxyl groups is 1. The van der Waals surface area contributed by atoms with Crippen molar-refractivity contribution in [3.05, 3.63) is 71.9 Å². The van der Waals surface area contributed by atoms with Gasteiger partial charge in [-0.1, -0.05) is 48.5 Å². The van der Waals surface area contributed by atoms with Gasteiger partial charge >= 0.3 is 5.97 Å². The minimum Gasteiger partial charge on any atom is -0.480 e. The third-order valence-electron chi connectivity index (χ3n) is 5.86. The molecule has 0 bridgehead atoms. The van der Waals surface area contributed by atoms with Crippen LogP contribution in [0.3, 0.4) is 0 Å². The van der Waals surface area contributed by atoms with Gasteiger partial charge in [0.05, 0.1) is 12.6 Å². The van der Waals surface area contributed by atoms with E-state index in [1.54, 1.807) is 36.5 Å². The minimum atomic E-state index is -1.34. The van der Waals surface area contributed by atoms with Crippen LogP contribution >= 0.6 is 0 Å². The Morgan fingerprint density at radius 3 is 2.08 bits per heavy atom. The third kappa shape index (κ3) is 7.38. The van der Waals surface area contributed by atoms with Crippen molar-refractivity contribution in [2.45, 2.75) is 43.9 Å². The highest BCUT2D eigenvalue weighted by molar-refractivity contribution is 5.94. The minimum absolute atomic E-state index is 0.0147. The summed E-state index contributed by atoms with van der Waals surface area (Å²) in [6.45, 7) is 0.704. The molecular formula is C26H31N5O6. The zero-order valence-corrected chi connectivity index (χ0v) is 20.3. The molecule has 3 aromatic rings. The first-order valence-electron chi connectivity index (χ1n) is 11.8. The van der Waals surface area contributed by atoms with Gasteiger partial charge in [0.2, 0.25) is 17.7 Å². The second-order valence-corrected chi connectivity index (χ2v) is 8.75. The lowest BCUT2D eigenvalue weighted by atomic mass is 10.0. The van der Waals surface area contributed by atoms with Crippen LogP contribution in [0.15, 0.2) is 60.8 Å². The number of aromatic nitrogens is 1. The molecule has 3 amide bonds. The van der Waals surface area contributed by atoms with E-state index in [1.165, 1.54) is 6.92 Å². The van der Waals surface area contributed by atoms with Gasteiger partial charge in [0, 0.05) is 29.9 Å². The van der Waals surface area contributed by atoms with Gasteiger partial charge in [0.15, 0.2) is 0 Å². The number of benzene rings is 2. The molecule has 3 rings (SSSR count). The number of fused-ring (bicyclic) bond motifs is 1. The topological polar surface area (TPSA) is 187 Å². The van der Waals surface area contributed by atoms with Crippen molar-refractivity contribution in [2.75, 3.05) is 6.61 Å². The van der Waals surface area contributed by atoms with Crippen LogP contribution in [0.2, 0.25) is 0 Å². The van der Waals surface area contributed by atoms with Gasteiger partial charge in [0.1, 0.15) is 18.1 Å². The number of hydrogen-bond acceptors (Lipinski definition) is 6. The number of rotatable bonds is 12. The Labute approximate surface area is 213 Å². The van der Waals surface area contributed by atoms with Gasteiger partial charge in [-0.3, -0.25) is 14.4 Å². The van der Waals surface area contributed by atoms with E-state index in [2.05, 4.69) is 20.9 Å². The molecule has 1 aromatic heterocycles. The first kappa shape index (κ1) is 27.4. The molecule has 37 heavy (non-hydrogen) atoms.